The van der Waals surface area contributed by atoms with Crippen molar-refractivity contribution < 1.29 is 14.6 Å². The van der Waals surface area contributed by atoms with Gasteiger partial charge in [-0.25, -0.2) is 0 Å². The number of nitrogens with one attached hydrogen (secondary N) is 1. The minimum atomic E-state index is -0.559. The van der Waals surface area contributed by atoms with E-state index >= 15 is 0 Å². The maximum atomic E-state index is 11.0. The van der Waals surface area contributed by atoms with E-state index in [0.29, 0.717) is 13.0 Å². The number of benzene rings is 1. The Morgan fingerprint density at radius 3 is 2.67 bits per heavy atom. The van der Waals surface area contributed by atoms with Crippen molar-refractivity contribution in [3.05, 3.63) is 47.3 Å². The van der Waals surface area contributed by atoms with Crippen molar-refractivity contribution in [3.63, 3.8) is 0 Å². The summed E-state index contributed by atoms with van der Waals surface area (Å²) in [5.74, 6) is 0.922. The van der Waals surface area contributed by atoms with Gasteiger partial charge in [0, 0.05) is 25.2 Å². The molecule has 2 N–H and O–H groups in total. The molecule has 0 aliphatic rings. The summed E-state index contributed by atoms with van der Waals surface area (Å²) in [5.41, 5.74) is 3.33. The first-order valence-corrected chi connectivity index (χ1v) is 9.55. The van der Waals surface area contributed by atoms with Gasteiger partial charge >= 0.3 is 0 Å². The van der Waals surface area contributed by atoms with Crippen molar-refractivity contribution >= 4 is 5.78 Å². The molecule has 6 heteroatoms. The lowest BCUT2D eigenvalue weighted by molar-refractivity contribution is -0.116. The third-order valence-electron chi connectivity index (χ3n) is 4.34. The normalized spacial score (nSPS) is 12.1. The molecule has 0 radical (unpaired) electrons. The van der Waals surface area contributed by atoms with Crippen LogP contribution in [0.1, 0.15) is 36.7 Å². The van der Waals surface area contributed by atoms with Gasteiger partial charge in [0.1, 0.15) is 24.2 Å². The highest BCUT2D eigenvalue weighted by Gasteiger charge is 2.06. The number of carbonyl (C=O) groups excluding carboxylic acids is 1. The van der Waals surface area contributed by atoms with E-state index in [2.05, 4.69) is 23.4 Å². The maximum absolute atomic E-state index is 11.0. The summed E-state index contributed by atoms with van der Waals surface area (Å²) in [4.78, 5) is 11.0. The number of aliphatic hydroxyl groups excluding tert-OH is 1. The predicted molar refractivity (Wildman–Crippen MR) is 106 cm³/mol. The lowest BCUT2D eigenvalue weighted by atomic mass is 10.1. The summed E-state index contributed by atoms with van der Waals surface area (Å²) in [6, 6.07) is 9.75. The van der Waals surface area contributed by atoms with Crippen molar-refractivity contribution in [2.75, 3.05) is 19.7 Å². The Bertz CT molecular complexity index is 710. The molecule has 1 unspecified atom stereocenters. The van der Waals surface area contributed by atoms with E-state index in [4.69, 9.17) is 4.74 Å². The molecule has 2 rings (SSSR count). The molecule has 0 aliphatic carbocycles. The van der Waals surface area contributed by atoms with Crippen molar-refractivity contribution in [1.29, 1.82) is 0 Å². The number of Topliss-reactive ketones (excluding diaryl/α,β-unsaturated/α-hetero) is 1. The number of rotatable bonds is 12. The number of hydrogen-bond donors (Lipinski definition) is 2. The zero-order valence-electron chi connectivity index (χ0n) is 16.6. The van der Waals surface area contributed by atoms with Gasteiger partial charge in [0.15, 0.2) is 0 Å². The van der Waals surface area contributed by atoms with Gasteiger partial charge in [-0.1, -0.05) is 12.1 Å². The number of nitrogens with zero attached hydrogens (tertiary/aromatic N) is 2. The number of aliphatic hydroxyl groups is 1. The van der Waals surface area contributed by atoms with Crippen molar-refractivity contribution in [3.8, 4) is 5.75 Å². The van der Waals surface area contributed by atoms with Crippen LogP contribution in [-0.4, -0.2) is 46.5 Å². The molecule has 0 aliphatic heterocycles. The largest absolute Gasteiger partial charge is 0.491 e. The standard InChI is InChI=1S/C21H31N3O3/c1-16-13-17(2)24(23-16)12-4-11-22-14-20(26)15-27-21-9-7-19(8-10-21)6-5-18(3)25/h7-10,13,20,22,26H,4-6,11-12,14-15H2,1-3H3. The van der Waals surface area contributed by atoms with Crippen LogP contribution >= 0.6 is 0 Å². The van der Waals surface area contributed by atoms with E-state index in [9.17, 15) is 9.90 Å². The van der Waals surface area contributed by atoms with Crippen molar-refractivity contribution in [1.82, 2.24) is 15.1 Å². The minimum Gasteiger partial charge on any atom is -0.491 e. The van der Waals surface area contributed by atoms with Crippen LogP contribution in [0.4, 0.5) is 0 Å². The lowest BCUT2D eigenvalue weighted by Gasteiger charge is -2.14. The molecule has 0 saturated heterocycles. The molecule has 0 fully saturated rings. The number of hydrogen-bond acceptors (Lipinski definition) is 5. The summed E-state index contributed by atoms with van der Waals surface area (Å²) in [6.45, 7) is 8.09. The second kappa shape index (κ2) is 10.8. The summed E-state index contributed by atoms with van der Waals surface area (Å²) in [6.07, 6.45) is 1.71. The Labute approximate surface area is 161 Å². The molecule has 27 heavy (non-hydrogen) atoms. The highest BCUT2D eigenvalue weighted by Crippen LogP contribution is 2.13. The van der Waals surface area contributed by atoms with Gasteiger partial charge < -0.3 is 20.0 Å². The highest BCUT2D eigenvalue weighted by molar-refractivity contribution is 5.75. The molecule has 148 valence electrons. The summed E-state index contributed by atoms with van der Waals surface area (Å²) in [7, 11) is 0. The molecule has 1 aromatic carbocycles. The van der Waals surface area contributed by atoms with Gasteiger partial charge in [-0.05, 0) is 63.9 Å². The monoisotopic (exact) mass is 373 g/mol. The molecule has 0 saturated carbocycles. The fraction of sp³-hybridized carbons (Fsp3) is 0.524. The third kappa shape index (κ3) is 7.93. The average molecular weight is 373 g/mol. The Hall–Kier alpha value is -2.18. The Morgan fingerprint density at radius 1 is 1.30 bits per heavy atom. The summed E-state index contributed by atoms with van der Waals surface area (Å²) >= 11 is 0. The summed E-state index contributed by atoms with van der Waals surface area (Å²) in [5, 5.41) is 17.7. The molecule has 2 aromatic rings. The van der Waals surface area contributed by atoms with Crippen LogP contribution < -0.4 is 10.1 Å². The van der Waals surface area contributed by atoms with Gasteiger partial charge in [0.2, 0.25) is 0 Å². The van der Waals surface area contributed by atoms with E-state index in [1.807, 2.05) is 35.9 Å². The first kappa shape index (κ1) is 21.1. The van der Waals surface area contributed by atoms with E-state index in [1.54, 1.807) is 6.92 Å². The third-order valence-corrected chi connectivity index (χ3v) is 4.34. The number of aromatic nitrogens is 2. The maximum Gasteiger partial charge on any atom is 0.130 e. The van der Waals surface area contributed by atoms with Gasteiger partial charge in [-0.15, -0.1) is 0 Å². The van der Waals surface area contributed by atoms with Crippen LogP contribution in [0.25, 0.3) is 0 Å². The first-order chi connectivity index (χ1) is 12.9. The summed E-state index contributed by atoms with van der Waals surface area (Å²) < 4.78 is 7.63. The smallest absolute Gasteiger partial charge is 0.130 e. The second-order valence-corrected chi connectivity index (χ2v) is 7.02. The van der Waals surface area contributed by atoms with E-state index in [-0.39, 0.29) is 12.4 Å². The Balaban J connectivity index is 1.58. The molecule has 1 heterocycles. The quantitative estimate of drug-likeness (QED) is 0.559. The SMILES string of the molecule is CC(=O)CCc1ccc(OCC(O)CNCCCn2nc(C)cc2C)cc1. The fourth-order valence-electron chi connectivity index (χ4n) is 2.85. The van der Waals surface area contributed by atoms with E-state index < -0.39 is 6.10 Å². The van der Waals surface area contributed by atoms with Gasteiger partial charge in [-0.2, -0.15) is 5.10 Å². The number of ether oxygens (including phenoxy) is 1. The predicted octanol–water partition coefficient (Wildman–Crippen LogP) is 2.44. The van der Waals surface area contributed by atoms with Crippen LogP contribution in [0.15, 0.2) is 30.3 Å². The minimum absolute atomic E-state index is 0.195. The van der Waals surface area contributed by atoms with Crippen molar-refractivity contribution in [2.24, 2.45) is 0 Å². The fourth-order valence-corrected chi connectivity index (χ4v) is 2.85. The molecule has 6 nitrogen and oxygen atoms in total. The van der Waals surface area contributed by atoms with Crippen LogP contribution in [0.3, 0.4) is 0 Å². The van der Waals surface area contributed by atoms with Gasteiger partial charge in [-0.3, -0.25) is 4.68 Å². The second-order valence-electron chi connectivity index (χ2n) is 7.02. The Morgan fingerprint density at radius 2 is 2.04 bits per heavy atom. The van der Waals surface area contributed by atoms with Gasteiger partial charge in [0.25, 0.3) is 0 Å². The topological polar surface area (TPSA) is 76.4 Å². The number of carbonyl (C=O) groups is 1. The average Bonchev–Trinajstić information content (AvgIpc) is 2.96. The zero-order chi connectivity index (χ0) is 19.6. The molecule has 0 spiro atoms. The molecule has 0 bridgehead atoms. The zero-order valence-corrected chi connectivity index (χ0v) is 16.6. The van der Waals surface area contributed by atoms with Crippen molar-refractivity contribution in [2.45, 2.75) is 52.7 Å². The molecular formula is C21H31N3O3. The van der Waals surface area contributed by atoms with Crippen LogP contribution in [0.2, 0.25) is 0 Å². The lowest BCUT2D eigenvalue weighted by Crippen LogP contribution is -2.32. The molecule has 1 atom stereocenters. The van der Waals surface area contributed by atoms with E-state index in [1.165, 1.54) is 5.69 Å². The molecule has 1 aromatic heterocycles. The van der Waals surface area contributed by atoms with Crippen LogP contribution in [0.5, 0.6) is 5.75 Å². The highest BCUT2D eigenvalue weighted by atomic mass is 16.5. The molecule has 0 amide bonds. The van der Waals surface area contributed by atoms with E-state index in [0.717, 1.165) is 42.9 Å². The first-order valence-electron chi connectivity index (χ1n) is 9.55. The van der Waals surface area contributed by atoms with Crippen LogP contribution in [-0.2, 0) is 17.8 Å². The molecular weight excluding hydrogens is 342 g/mol. The number of ketones is 1. The van der Waals surface area contributed by atoms with Gasteiger partial charge in [0.05, 0.1) is 5.69 Å². The number of aryl methyl sites for hydroxylation is 4. The Kier molecular flexibility index (Phi) is 8.48. The van der Waals surface area contributed by atoms with Crippen LogP contribution in [0, 0.1) is 13.8 Å².